The zero-order chi connectivity index (χ0) is 16.5. The molecule has 5 heteroatoms. The van der Waals surface area contributed by atoms with E-state index in [2.05, 4.69) is 10.5 Å². The Morgan fingerprint density at radius 1 is 1.35 bits per heavy atom. The molecule has 1 unspecified atom stereocenters. The lowest BCUT2D eigenvalue weighted by Crippen LogP contribution is -2.32. The van der Waals surface area contributed by atoms with E-state index in [9.17, 15) is 4.79 Å². The van der Waals surface area contributed by atoms with Crippen LogP contribution in [-0.2, 0) is 14.4 Å². The molecule has 3 rings (SSSR count). The number of benzene rings is 1. The normalized spacial score (nSPS) is 17.7. The van der Waals surface area contributed by atoms with Crippen molar-refractivity contribution >= 4 is 22.9 Å². The molecule has 1 fully saturated rings. The van der Waals surface area contributed by atoms with Crippen LogP contribution in [0.5, 0.6) is 0 Å². The molecule has 2 heterocycles. The van der Waals surface area contributed by atoms with Crippen LogP contribution in [0.15, 0.2) is 36.5 Å². The van der Waals surface area contributed by atoms with Crippen LogP contribution < -0.4 is 5.48 Å². The predicted octanol–water partition coefficient (Wildman–Crippen LogP) is 3.78. The fourth-order valence-electron chi connectivity index (χ4n) is 2.36. The molecule has 1 aliphatic heterocycles. The summed E-state index contributed by atoms with van der Waals surface area (Å²) in [6.07, 6.45) is 7.69. The molecule has 23 heavy (non-hydrogen) atoms. The van der Waals surface area contributed by atoms with E-state index in [1.165, 1.54) is 6.08 Å². The third-order valence-electron chi connectivity index (χ3n) is 3.46. The molecule has 5 nitrogen and oxygen atoms in total. The van der Waals surface area contributed by atoms with Gasteiger partial charge in [0.15, 0.2) is 6.29 Å². The first-order valence-electron chi connectivity index (χ1n) is 8.14. The molecule has 1 amide bonds. The molecule has 1 aromatic carbocycles. The Hall–Kier alpha value is -2.11. The molecule has 0 aliphatic carbocycles. The Morgan fingerprint density at radius 3 is 2.96 bits per heavy atom. The maximum absolute atomic E-state index is 11.7. The van der Waals surface area contributed by atoms with E-state index in [1.807, 2.05) is 44.3 Å². The summed E-state index contributed by atoms with van der Waals surface area (Å²) in [4.78, 5) is 20.1. The SMILES string of the molecule is CC.O=C(/C=C/c1c[nH]c2ccccc12)NOC1CCCCO1. The highest BCUT2D eigenvalue weighted by atomic mass is 16.8. The van der Waals surface area contributed by atoms with Gasteiger partial charge < -0.3 is 9.72 Å². The van der Waals surface area contributed by atoms with Crippen molar-refractivity contribution in [3.63, 3.8) is 0 Å². The van der Waals surface area contributed by atoms with Crippen molar-refractivity contribution in [3.05, 3.63) is 42.1 Å². The van der Waals surface area contributed by atoms with E-state index in [0.717, 1.165) is 35.7 Å². The highest BCUT2D eigenvalue weighted by Gasteiger charge is 2.14. The Balaban J connectivity index is 0.000000924. The van der Waals surface area contributed by atoms with Gasteiger partial charge in [-0.25, -0.2) is 10.3 Å². The van der Waals surface area contributed by atoms with Gasteiger partial charge in [0.25, 0.3) is 5.91 Å². The molecule has 1 saturated heterocycles. The third-order valence-corrected chi connectivity index (χ3v) is 3.46. The number of hydrogen-bond donors (Lipinski definition) is 2. The lowest BCUT2D eigenvalue weighted by molar-refractivity contribution is -0.198. The summed E-state index contributed by atoms with van der Waals surface area (Å²) in [6.45, 7) is 4.69. The smallest absolute Gasteiger partial charge is 0.267 e. The van der Waals surface area contributed by atoms with Gasteiger partial charge in [-0.3, -0.25) is 4.79 Å². The van der Waals surface area contributed by atoms with Gasteiger partial charge >= 0.3 is 0 Å². The van der Waals surface area contributed by atoms with Crippen molar-refractivity contribution in [2.24, 2.45) is 0 Å². The number of hydroxylamine groups is 1. The van der Waals surface area contributed by atoms with E-state index < -0.39 is 0 Å². The largest absolute Gasteiger partial charge is 0.361 e. The molecular formula is C18H24N2O3. The molecular weight excluding hydrogens is 292 g/mol. The van der Waals surface area contributed by atoms with Gasteiger partial charge in [-0.2, -0.15) is 0 Å². The summed E-state index contributed by atoms with van der Waals surface area (Å²) in [7, 11) is 0. The van der Waals surface area contributed by atoms with Crippen molar-refractivity contribution in [2.45, 2.75) is 39.4 Å². The Kier molecular flexibility index (Phi) is 6.84. The summed E-state index contributed by atoms with van der Waals surface area (Å²) in [5.41, 5.74) is 4.41. The minimum absolute atomic E-state index is 0.297. The average Bonchev–Trinajstić information content (AvgIpc) is 3.04. The second-order valence-corrected chi connectivity index (χ2v) is 5.00. The number of ether oxygens (including phenoxy) is 1. The Labute approximate surface area is 136 Å². The maximum Gasteiger partial charge on any atom is 0.267 e. The van der Waals surface area contributed by atoms with Gasteiger partial charge in [0.2, 0.25) is 0 Å². The molecule has 1 aliphatic rings. The minimum Gasteiger partial charge on any atom is -0.361 e. The molecule has 0 saturated carbocycles. The first-order valence-corrected chi connectivity index (χ1v) is 8.14. The van der Waals surface area contributed by atoms with Gasteiger partial charge in [0.1, 0.15) is 0 Å². The fourth-order valence-corrected chi connectivity index (χ4v) is 2.36. The van der Waals surface area contributed by atoms with Crippen LogP contribution in [-0.4, -0.2) is 23.8 Å². The lowest BCUT2D eigenvalue weighted by atomic mass is 10.1. The van der Waals surface area contributed by atoms with Gasteiger partial charge in [-0.15, -0.1) is 0 Å². The zero-order valence-electron chi connectivity index (χ0n) is 13.7. The van der Waals surface area contributed by atoms with Crippen LogP contribution in [0.25, 0.3) is 17.0 Å². The lowest BCUT2D eigenvalue weighted by Gasteiger charge is -2.21. The Bertz CT molecular complexity index is 643. The van der Waals surface area contributed by atoms with Crippen LogP contribution in [0, 0.1) is 0 Å². The van der Waals surface area contributed by atoms with Crippen molar-refractivity contribution < 1.29 is 14.4 Å². The molecule has 1 aromatic heterocycles. The highest BCUT2D eigenvalue weighted by Crippen LogP contribution is 2.18. The van der Waals surface area contributed by atoms with Crippen molar-refractivity contribution in [1.29, 1.82) is 0 Å². The standard InChI is InChI=1S/C16H18N2O3.C2H6/c19-15(18-21-16-7-3-4-10-20-16)9-8-12-11-17-14-6-2-1-5-13(12)14;1-2/h1-2,5-6,8-9,11,16-17H,3-4,7,10H2,(H,18,19);1-2H3/b9-8+;. The minimum atomic E-state index is -0.329. The topological polar surface area (TPSA) is 63.4 Å². The average molecular weight is 316 g/mol. The first kappa shape index (κ1) is 17.2. The number of nitrogens with one attached hydrogen (secondary N) is 2. The Morgan fingerprint density at radius 2 is 2.17 bits per heavy atom. The summed E-state index contributed by atoms with van der Waals surface area (Å²) < 4.78 is 5.37. The van der Waals surface area contributed by atoms with E-state index in [0.29, 0.717) is 6.61 Å². The molecule has 0 bridgehead atoms. The van der Waals surface area contributed by atoms with E-state index in [4.69, 9.17) is 9.57 Å². The van der Waals surface area contributed by atoms with Gasteiger partial charge in [0.05, 0.1) is 0 Å². The van der Waals surface area contributed by atoms with Gasteiger partial charge in [-0.05, 0) is 30.5 Å². The van der Waals surface area contributed by atoms with E-state index >= 15 is 0 Å². The molecule has 2 N–H and O–H groups in total. The summed E-state index contributed by atoms with van der Waals surface area (Å²) in [5.74, 6) is -0.297. The maximum atomic E-state index is 11.7. The number of carbonyl (C=O) groups is 1. The quantitative estimate of drug-likeness (QED) is 0.666. The highest BCUT2D eigenvalue weighted by molar-refractivity contribution is 5.95. The number of hydrogen-bond acceptors (Lipinski definition) is 3. The van der Waals surface area contributed by atoms with Crippen molar-refractivity contribution in [3.8, 4) is 0 Å². The number of carbonyl (C=O) groups excluding carboxylic acids is 1. The van der Waals surface area contributed by atoms with E-state index in [1.54, 1.807) is 6.08 Å². The number of H-pyrrole nitrogens is 1. The summed E-state index contributed by atoms with van der Waals surface area (Å²) >= 11 is 0. The van der Waals surface area contributed by atoms with Gasteiger partial charge in [0, 0.05) is 36.2 Å². The third kappa shape index (κ3) is 4.94. The van der Waals surface area contributed by atoms with E-state index in [-0.39, 0.29) is 12.2 Å². The second-order valence-electron chi connectivity index (χ2n) is 5.00. The number of amides is 1. The molecule has 124 valence electrons. The van der Waals surface area contributed by atoms with Gasteiger partial charge in [-0.1, -0.05) is 32.0 Å². The molecule has 1 atom stereocenters. The first-order chi connectivity index (χ1) is 11.3. The van der Waals surface area contributed by atoms with Crippen LogP contribution >= 0.6 is 0 Å². The van der Waals surface area contributed by atoms with Crippen LogP contribution in [0.4, 0.5) is 0 Å². The number of aromatic amines is 1. The number of aromatic nitrogens is 1. The molecule has 0 spiro atoms. The molecule has 2 aromatic rings. The monoisotopic (exact) mass is 316 g/mol. The van der Waals surface area contributed by atoms with Crippen LogP contribution in [0.2, 0.25) is 0 Å². The van der Waals surface area contributed by atoms with Crippen molar-refractivity contribution in [2.75, 3.05) is 6.61 Å². The zero-order valence-corrected chi connectivity index (χ0v) is 13.7. The number of para-hydroxylation sites is 1. The summed E-state index contributed by atoms with van der Waals surface area (Å²) in [5, 5.41) is 1.08. The van der Waals surface area contributed by atoms with Crippen LogP contribution in [0.3, 0.4) is 0 Å². The summed E-state index contributed by atoms with van der Waals surface area (Å²) in [6, 6.07) is 7.94. The second kappa shape index (κ2) is 9.12. The van der Waals surface area contributed by atoms with Crippen LogP contribution in [0.1, 0.15) is 38.7 Å². The molecule has 0 radical (unpaired) electrons. The van der Waals surface area contributed by atoms with Crippen molar-refractivity contribution in [1.82, 2.24) is 10.5 Å². The number of rotatable bonds is 4. The number of fused-ring (bicyclic) bond motifs is 1. The fraction of sp³-hybridized carbons (Fsp3) is 0.389. The predicted molar refractivity (Wildman–Crippen MR) is 91.5 cm³/mol.